The number of hydrogen-bond donors (Lipinski definition) is 0. The Kier molecular flexibility index (Phi) is 5.89. The van der Waals surface area contributed by atoms with Gasteiger partial charge in [-0.25, -0.2) is 8.42 Å². The van der Waals surface area contributed by atoms with Crippen LogP contribution in [0, 0.1) is 0 Å². The molecule has 0 N–H and O–H groups in total. The fourth-order valence-corrected chi connectivity index (χ4v) is 6.52. The van der Waals surface area contributed by atoms with E-state index >= 15 is 0 Å². The molecule has 1 fully saturated rings. The summed E-state index contributed by atoms with van der Waals surface area (Å²) in [6.45, 7) is 1.26. The number of hydrogen-bond acceptors (Lipinski definition) is 7. The van der Waals surface area contributed by atoms with Gasteiger partial charge in [0.05, 0.1) is 23.1 Å². The molecule has 1 aliphatic carbocycles. The molecule has 30 heavy (non-hydrogen) atoms. The topological polar surface area (TPSA) is 90.0 Å². The van der Waals surface area contributed by atoms with E-state index < -0.39 is 9.84 Å². The predicted molar refractivity (Wildman–Crippen MR) is 113 cm³/mol. The minimum absolute atomic E-state index is 0.0295. The molecule has 0 saturated carbocycles. The molecule has 0 spiro atoms. The summed E-state index contributed by atoms with van der Waals surface area (Å²) in [5.41, 5.74) is 1.63. The quantitative estimate of drug-likeness (QED) is 0.668. The van der Waals surface area contributed by atoms with E-state index in [1.165, 1.54) is 5.38 Å². The maximum absolute atomic E-state index is 12.9. The van der Waals surface area contributed by atoms with Crippen LogP contribution in [0.5, 0.6) is 5.75 Å². The van der Waals surface area contributed by atoms with Crippen molar-refractivity contribution in [1.29, 1.82) is 0 Å². The lowest BCUT2D eigenvalue weighted by atomic mass is 10.1. The SMILES string of the molecule is CS(=O)(=O)c1csc(C(=O)N2CCOC(COc3cccc4c3CCC4=O)C2)c1Cl. The molecule has 2 aliphatic rings. The average molecular weight is 470 g/mol. The average Bonchev–Trinajstić information content (AvgIpc) is 3.29. The maximum Gasteiger partial charge on any atom is 0.265 e. The van der Waals surface area contributed by atoms with Gasteiger partial charge in [0.2, 0.25) is 0 Å². The molecule has 1 atom stereocenters. The minimum atomic E-state index is -3.50. The monoisotopic (exact) mass is 469 g/mol. The second kappa shape index (κ2) is 8.30. The van der Waals surface area contributed by atoms with Crippen molar-refractivity contribution in [2.24, 2.45) is 0 Å². The van der Waals surface area contributed by atoms with Gasteiger partial charge in [0.1, 0.15) is 23.3 Å². The lowest BCUT2D eigenvalue weighted by Crippen LogP contribution is -2.47. The molecular formula is C20H20ClNO6S2. The number of Topliss-reactive ketones (excluding diaryl/α,β-unsaturated/α-hetero) is 1. The van der Waals surface area contributed by atoms with Crippen LogP contribution < -0.4 is 4.74 Å². The number of rotatable bonds is 5. The summed E-state index contributed by atoms with van der Waals surface area (Å²) < 4.78 is 35.2. The Hall–Kier alpha value is -1.94. The van der Waals surface area contributed by atoms with E-state index in [9.17, 15) is 18.0 Å². The van der Waals surface area contributed by atoms with Crippen LogP contribution in [-0.4, -0.2) is 63.7 Å². The lowest BCUT2D eigenvalue weighted by molar-refractivity contribution is -0.0401. The van der Waals surface area contributed by atoms with Gasteiger partial charge in [0.25, 0.3) is 5.91 Å². The summed E-state index contributed by atoms with van der Waals surface area (Å²) in [6, 6.07) is 5.44. The lowest BCUT2D eigenvalue weighted by Gasteiger charge is -2.32. The number of carbonyl (C=O) groups is 2. The van der Waals surface area contributed by atoms with Crippen molar-refractivity contribution >= 4 is 44.5 Å². The van der Waals surface area contributed by atoms with Crippen LogP contribution in [0.1, 0.15) is 32.0 Å². The Morgan fingerprint density at radius 3 is 2.90 bits per heavy atom. The molecule has 1 saturated heterocycles. The number of carbonyl (C=O) groups excluding carboxylic acids is 2. The van der Waals surface area contributed by atoms with Crippen LogP contribution in [0.3, 0.4) is 0 Å². The molecule has 160 valence electrons. The normalized spacial score (nSPS) is 19.1. The van der Waals surface area contributed by atoms with Crippen molar-refractivity contribution < 1.29 is 27.5 Å². The highest BCUT2D eigenvalue weighted by atomic mass is 35.5. The highest BCUT2D eigenvalue weighted by molar-refractivity contribution is 7.91. The van der Waals surface area contributed by atoms with Crippen LogP contribution in [0.15, 0.2) is 28.5 Å². The molecule has 2 heterocycles. The Bertz CT molecular complexity index is 1110. The molecular weight excluding hydrogens is 450 g/mol. The zero-order valence-corrected chi connectivity index (χ0v) is 18.6. The van der Waals surface area contributed by atoms with Crippen LogP contribution in [-0.2, 0) is 21.0 Å². The second-order valence-electron chi connectivity index (χ2n) is 7.28. The molecule has 1 amide bonds. The van der Waals surface area contributed by atoms with Crippen molar-refractivity contribution in [3.8, 4) is 5.75 Å². The minimum Gasteiger partial charge on any atom is -0.491 e. The Morgan fingerprint density at radius 1 is 1.37 bits per heavy atom. The Balaban J connectivity index is 1.43. The highest BCUT2D eigenvalue weighted by Gasteiger charge is 2.30. The summed E-state index contributed by atoms with van der Waals surface area (Å²) in [5.74, 6) is 0.478. The second-order valence-corrected chi connectivity index (χ2v) is 10.5. The van der Waals surface area contributed by atoms with Gasteiger partial charge in [-0.1, -0.05) is 23.7 Å². The van der Waals surface area contributed by atoms with Gasteiger partial charge in [-0.15, -0.1) is 11.3 Å². The number of nitrogens with zero attached hydrogens (tertiary/aromatic N) is 1. The van der Waals surface area contributed by atoms with Crippen molar-refractivity contribution in [3.05, 3.63) is 44.6 Å². The molecule has 0 bridgehead atoms. The van der Waals surface area contributed by atoms with Crippen LogP contribution in [0.4, 0.5) is 0 Å². The third-order valence-electron chi connectivity index (χ3n) is 5.18. The third-order valence-corrected chi connectivity index (χ3v) is 8.03. The van der Waals surface area contributed by atoms with E-state index in [1.807, 2.05) is 12.1 Å². The molecule has 1 aromatic carbocycles. The van der Waals surface area contributed by atoms with Gasteiger partial charge >= 0.3 is 0 Å². The highest BCUT2D eigenvalue weighted by Crippen LogP contribution is 2.33. The number of morpholine rings is 1. The number of ketones is 1. The van der Waals surface area contributed by atoms with E-state index in [4.69, 9.17) is 21.1 Å². The van der Waals surface area contributed by atoms with Crippen LogP contribution in [0.2, 0.25) is 5.02 Å². The number of fused-ring (bicyclic) bond motifs is 1. The summed E-state index contributed by atoms with van der Waals surface area (Å²) in [6.07, 6.45) is 1.88. The summed E-state index contributed by atoms with van der Waals surface area (Å²) in [7, 11) is -3.50. The summed E-state index contributed by atoms with van der Waals surface area (Å²) >= 11 is 7.19. The predicted octanol–water partition coefficient (Wildman–Crippen LogP) is 2.85. The van der Waals surface area contributed by atoms with Gasteiger partial charge in [-0.3, -0.25) is 9.59 Å². The number of halogens is 1. The Labute approximate surface area is 183 Å². The number of amides is 1. The maximum atomic E-state index is 12.9. The molecule has 10 heteroatoms. The van der Waals surface area contributed by atoms with Crippen LogP contribution >= 0.6 is 22.9 Å². The zero-order chi connectivity index (χ0) is 21.5. The van der Waals surface area contributed by atoms with Gasteiger partial charge < -0.3 is 14.4 Å². The standard InChI is InChI=1S/C20H20ClNO6S2/c1-30(25,26)17-11-29-19(18(17)21)20(24)22-7-8-27-12(9-22)10-28-16-4-2-3-13-14(16)5-6-15(13)23/h2-4,11-12H,5-10H2,1H3. The van der Waals surface area contributed by atoms with Crippen LogP contribution in [0.25, 0.3) is 0 Å². The molecule has 0 radical (unpaired) electrons. The molecule has 1 unspecified atom stereocenters. The van der Waals surface area contributed by atoms with Gasteiger partial charge in [-0.2, -0.15) is 0 Å². The van der Waals surface area contributed by atoms with Gasteiger partial charge in [0.15, 0.2) is 15.6 Å². The molecule has 1 aliphatic heterocycles. The molecule has 4 rings (SSSR count). The summed E-state index contributed by atoms with van der Waals surface area (Å²) in [5, 5.41) is 1.36. The van der Waals surface area contributed by atoms with Gasteiger partial charge in [-0.05, 0) is 12.5 Å². The van der Waals surface area contributed by atoms with Crippen molar-refractivity contribution in [1.82, 2.24) is 4.90 Å². The number of sulfone groups is 1. The fourth-order valence-electron chi connectivity index (χ4n) is 3.65. The largest absolute Gasteiger partial charge is 0.491 e. The van der Waals surface area contributed by atoms with E-state index in [0.29, 0.717) is 43.9 Å². The fraction of sp³-hybridized carbons (Fsp3) is 0.400. The third kappa shape index (κ3) is 4.12. The number of benzene rings is 1. The van der Waals surface area contributed by atoms with Crippen molar-refractivity contribution in [3.63, 3.8) is 0 Å². The first-order valence-electron chi connectivity index (χ1n) is 9.41. The molecule has 7 nitrogen and oxygen atoms in total. The first-order valence-corrected chi connectivity index (χ1v) is 12.6. The van der Waals surface area contributed by atoms with Crippen molar-refractivity contribution in [2.75, 3.05) is 32.6 Å². The number of ether oxygens (including phenoxy) is 2. The van der Waals surface area contributed by atoms with Crippen molar-refractivity contribution in [2.45, 2.75) is 23.8 Å². The smallest absolute Gasteiger partial charge is 0.265 e. The van der Waals surface area contributed by atoms with E-state index in [-0.39, 0.29) is 39.2 Å². The molecule has 1 aromatic heterocycles. The first kappa shape index (κ1) is 21.3. The van der Waals surface area contributed by atoms with E-state index in [1.54, 1.807) is 11.0 Å². The zero-order valence-electron chi connectivity index (χ0n) is 16.2. The van der Waals surface area contributed by atoms with E-state index in [0.717, 1.165) is 23.2 Å². The number of thiophene rings is 1. The van der Waals surface area contributed by atoms with Gasteiger partial charge in [0, 0.05) is 35.7 Å². The Morgan fingerprint density at radius 2 is 2.17 bits per heavy atom. The first-order chi connectivity index (χ1) is 14.3. The molecule has 2 aromatic rings. The summed E-state index contributed by atoms with van der Waals surface area (Å²) in [4.78, 5) is 26.6. The van der Waals surface area contributed by atoms with E-state index in [2.05, 4.69) is 0 Å².